The first-order valence-corrected chi connectivity index (χ1v) is 5.45. The number of nitrogens with one attached hydrogen (secondary N) is 1. The van der Waals surface area contributed by atoms with Gasteiger partial charge in [0.05, 0.1) is 11.2 Å². The number of rotatable bonds is 3. The van der Waals surface area contributed by atoms with Crippen LogP contribution in [0.3, 0.4) is 0 Å². The van der Waals surface area contributed by atoms with E-state index in [-0.39, 0.29) is 0 Å². The predicted molar refractivity (Wildman–Crippen MR) is 53.2 cm³/mol. The summed E-state index contributed by atoms with van der Waals surface area (Å²) in [5, 5.41) is 2.46. The van der Waals surface area contributed by atoms with E-state index in [9.17, 15) is 9.59 Å². The lowest BCUT2D eigenvalue weighted by atomic mass is 10.2. The van der Waals surface area contributed by atoms with E-state index in [1.807, 2.05) is 6.92 Å². The fourth-order valence-corrected chi connectivity index (χ4v) is 2.17. The zero-order valence-corrected chi connectivity index (χ0v) is 8.97. The number of hydrogen-bond donors (Lipinski definition) is 1. The van der Waals surface area contributed by atoms with Gasteiger partial charge in [0.25, 0.3) is 0 Å². The molecule has 1 aliphatic heterocycles. The van der Waals surface area contributed by atoms with Crippen LogP contribution in [-0.2, 0) is 20.7 Å². The quantitative estimate of drug-likeness (QED) is 0.597. The van der Waals surface area contributed by atoms with Crippen LogP contribution in [0, 0.1) is 6.92 Å². The summed E-state index contributed by atoms with van der Waals surface area (Å²) in [6, 6.07) is 0. The Hall–Kier alpha value is -1.43. The fraction of sp³-hybridized carbons (Fsp3) is 0.444. The first-order valence-electron chi connectivity index (χ1n) is 4.57. The molecule has 0 saturated carbocycles. The van der Waals surface area contributed by atoms with E-state index in [1.165, 1.54) is 0 Å². The molecule has 1 aromatic heterocycles. The minimum Gasteiger partial charge on any atom is -0.435 e. The minimum absolute atomic E-state index is 0.480. The zero-order valence-electron chi connectivity index (χ0n) is 8.15. The van der Waals surface area contributed by atoms with Crippen LogP contribution in [-0.4, -0.2) is 23.1 Å². The van der Waals surface area contributed by atoms with Crippen molar-refractivity contribution in [1.29, 1.82) is 0 Å². The molecule has 15 heavy (non-hydrogen) atoms. The molecule has 1 atom stereocenters. The van der Waals surface area contributed by atoms with Gasteiger partial charge < -0.3 is 10.1 Å². The van der Waals surface area contributed by atoms with Crippen molar-refractivity contribution in [3.05, 3.63) is 16.1 Å². The van der Waals surface area contributed by atoms with Crippen LogP contribution in [0.2, 0.25) is 0 Å². The van der Waals surface area contributed by atoms with Crippen molar-refractivity contribution in [2.45, 2.75) is 26.0 Å². The SMILES string of the molecule is Cc1ncsc1CCC1NC(=O)C(=O)O1. The lowest BCUT2D eigenvalue weighted by Crippen LogP contribution is -2.27. The van der Waals surface area contributed by atoms with Gasteiger partial charge in [-0.05, 0) is 13.3 Å². The number of esters is 1. The van der Waals surface area contributed by atoms with Gasteiger partial charge in [-0.2, -0.15) is 0 Å². The molecule has 1 saturated heterocycles. The molecule has 0 bridgehead atoms. The summed E-state index contributed by atoms with van der Waals surface area (Å²) in [6.07, 6.45) is 0.876. The van der Waals surface area contributed by atoms with Crippen molar-refractivity contribution in [2.24, 2.45) is 0 Å². The van der Waals surface area contributed by atoms with E-state index >= 15 is 0 Å². The second-order valence-electron chi connectivity index (χ2n) is 3.27. The monoisotopic (exact) mass is 226 g/mol. The summed E-state index contributed by atoms with van der Waals surface area (Å²) in [4.78, 5) is 26.9. The maximum atomic E-state index is 10.8. The molecule has 1 amide bonds. The number of cyclic esters (lactones) is 1. The summed E-state index contributed by atoms with van der Waals surface area (Å²) in [5.41, 5.74) is 2.78. The molecule has 0 spiro atoms. The van der Waals surface area contributed by atoms with Crippen molar-refractivity contribution < 1.29 is 14.3 Å². The van der Waals surface area contributed by atoms with Crippen molar-refractivity contribution in [3.63, 3.8) is 0 Å². The van der Waals surface area contributed by atoms with Crippen LogP contribution >= 0.6 is 11.3 Å². The first-order chi connectivity index (χ1) is 7.16. The lowest BCUT2D eigenvalue weighted by molar-refractivity contribution is -0.149. The molecule has 1 unspecified atom stereocenters. The minimum atomic E-state index is -0.791. The van der Waals surface area contributed by atoms with Gasteiger partial charge in [-0.3, -0.25) is 4.79 Å². The molecule has 1 fully saturated rings. The van der Waals surface area contributed by atoms with E-state index in [4.69, 9.17) is 4.74 Å². The lowest BCUT2D eigenvalue weighted by Gasteiger charge is -2.07. The first kappa shape index (κ1) is 10.1. The largest absolute Gasteiger partial charge is 0.435 e. The molecule has 2 rings (SSSR count). The zero-order chi connectivity index (χ0) is 10.8. The highest BCUT2D eigenvalue weighted by Gasteiger charge is 2.30. The second-order valence-corrected chi connectivity index (χ2v) is 4.21. The number of nitrogens with zero attached hydrogens (tertiary/aromatic N) is 1. The van der Waals surface area contributed by atoms with Crippen molar-refractivity contribution in [1.82, 2.24) is 10.3 Å². The molecule has 2 heterocycles. The molecule has 80 valence electrons. The van der Waals surface area contributed by atoms with E-state index < -0.39 is 18.1 Å². The highest BCUT2D eigenvalue weighted by atomic mass is 32.1. The van der Waals surface area contributed by atoms with Crippen molar-refractivity contribution in [2.75, 3.05) is 0 Å². The molecule has 1 aliphatic rings. The smallest absolute Gasteiger partial charge is 0.398 e. The normalized spacial score (nSPS) is 20.2. The van der Waals surface area contributed by atoms with Gasteiger partial charge in [0, 0.05) is 11.3 Å². The average molecular weight is 226 g/mol. The van der Waals surface area contributed by atoms with Crippen molar-refractivity contribution >= 4 is 23.2 Å². The predicted octanol–water partition coefficient (Wildman–Crippen LogP) is 0.383. The number of aryl methyl sites for hydroxylation is 2. The van der Waals surface area contributed by atoms with Crippen LogP contribution in [0.25, 0.3) is 0 Å². The molecule has 1 aromatic rings. The summed E-state index contributed by atoms with van der Waals surface area (Å²) in [5.74, 6) is -1.44. The topological polar surface area (TPSA) is 68.3 Å². The summed E-state index contributed by atoms with van der Waals surface area (Å²) >= 11 is 1.57. The van der Waals surface area contributed by atoms with Gasteiger partial charge in [-0.1, -0.05) is 0 Å². The maximum absolute atomic E-state index is 10.8. The average Bonchev–Trinajstić information content (AvgIpc) is 2.72. The van der Waals surface area contributed by atoms with Gasteiger partial charge in [-0.15, -0.1) is 11.3 Å². The summed E-state index contributed by atoms with van der Waals surface area (Å²) in [6.45, 7) is 1.94. The molecule has 0 aromatic carbocycles. The molecular weight excluding hydrogens is 216 g/mol. The van der Waals surface area contributed by atoms with Crippen LogP contribution < -0.4 is 5.32 Å². The number of thiazole rings is 1. The standard InChI is InChI=1S/C9H10N2O3S/c1-5-6(15-4-10-5)2-3-7-11-8(12)9(13)14-7/h4,7H,2-3H2,1H3,(H,11,12). The third kappa shape index (κ3) is 2.15. The maximum Gasteiger partial charge on any atom is 0.398 e. The molecule has 1 N–H and O–H groups in total. The number of amides is 1. The molecule has 5 nitrogen and oxygen atoms in total. The summed E-state index contributed by atoms with van der Waals surface area (Å²) in [7, 11) is 0. The molecule has 0 radical (unpaired) electrons. The van der Waals surface area contributed by atoms with E-state index in [2.05, 4.69) is 10.3 Å². The Morgan fingerprint density at radius 2 is 2.40 bits per heavy atom. The van der Waals surface area contributed by atoms with Crippen LogP contribution in [0.5, 0.6) is 0 Å². The number of ether oxygens (including phenoxy) is 1. The van der Waals surface area contributed by atoms with E-state index in [0.29, 0.717) is 6.42 Å². The van der Waals surface area contributed by atoms with Gasteiger partial charge in [0.15, 0.2) is 6.23 Å². The highest BCUT2D eigenvalue weighted by Crippen LogP contribution is 2.16. The second kappa shape index (κ2) is 3.98. The van der Waals surface area contributed by atoms with Gasteiger partial charge in [0.2, 0.25) is 0 Å². The summed E-state index contributed by atoms with van der Waals surface area (Å²) < 4.78 is 4.80. The van der Waals surface area contributed by atoms with Crippen LogP contribution in [0.15, 0.2) is 5.51 Å². The Labute approximate surface area is 90.5 Å². The molecular formula is C9H10N2O3S. The number of hydrogen-bond acceptors (Lipinski definition) is 5. The Kier molecular flexibility index (Phi) is 2.68. The Morgan fingerprint density at radius 3 is 2.93 bits per heavy atom. The number of aromatic nitrogens is 1. The van der Waals surface area contributed by atoms with Crippen LogP contribution in [0.1, 0.15) is 17.0 Å². The van der Waals surface area contributed by atoms with E-state index in [0.717, 1.165) is 17.0 Å². The number of carbonyl (C=O) groups is 2. The third-order valence-electron chi connectivity index (χ3n) is 2.21. The Bertz CT molecular complexity index is 386. The van der Waals surface area contributed by atoms with Gasteiger partial charge >= 0.3 is 11.9 Å². The molecule has 6 heteroatoms. The van der Waals surface area contributed by atoms with Crippen molar-refractivity contribution in [3.8, 4) is 0 Å². The van der Waals surface area contributed by atoms with E-state index in [1.54, 1.807) is 16.8 Å². The Balaban J connectivity index is 1.87. The number of carbonyl (C=O) groups excluding carboxylic acids is 2. The van der Waals surface area contributed by atoms with Gasteiger partial charge in [-0.25, -0.2) is 9.78 Å². The van der Waals surface area contributed by atoms with Gasteiger partial charge in [0.1, 0.15) is 0 Å². The van der Waals surface area contributed by atoms with Crippen LogP contribution in [0.4, 0.5) is 0 Å². The molecule has 0 aliphatic carbocycles. The third-order valence-corrected chi connectivity index (χ3v) is 3.20. The Morgan fingerprint density at radius 1 is 1.60 bits per heavy atom. The fourth-order valence-electron chi connectivity index (χ4n) is 1.38. The highest BCUT2D eigenvalue weighted by molar-refractivity contribution is 7.09.